The topological polar surface area (TPSA) is 72.2 Å². The molecule has 16 heavy (non-hydrogen) atoms. The van der Waals surface area contributed by atoms with Gasteiger partial charge in [0.25, 0.3) is 0 Å². The molecular formula is C11H16N2O2S. The number of nitrogens with one attached hydrogen (secondary N) is 1. The van der Waals surface area contributed by atoms with Crippen molar-refractivity contribution < 1.29 is 8.42 Å². The number of nitrogen functional groups attached to an aromatic ring is 1. The Hall–Kier alpha value is -1.33. The molecule has 0 bridgehead atoms. The highest BCUT2D eigenvalue weighted by atomic mass is 32.2. The van der Waals surface area contributed by atoms with E-state index in [4.69, 9.17) is 5.73 Å². The van der Waals surface area contributed by atoms with Gasteiger partial charge in [-0.25, -0.2) is 13.1 Å². The van der Waals surface area contributed by atoms with Crippen LogP contribution in [0.5, 0.6) is 0 Å². The van der Waals surface area contributed by atoms with Gasteiger partial charge in [-0.3, -0.25) is 0 Å². The molecule has 0 aliphatic rings. The number of aryl methyl sites for hydroxylation is 1. The Balaban J connectivity index is 3.27. The normalized spacial score (nSPS) is 11.4. The quantitative estimate of drug-likeness (QED) is 0.616. The van der Waals surface area contributed by atoms with Crippen molar-refractivity contribution in [1.82, 2.24) is 4.72 Å². The summed E-state index contributed by atoms with van der Waals surface area (Å²) in [4.78, 5) is 0.229. The standard InChI is InChI=1S/C11H16N2O2S/c1-4-5-13-16(14,15)11-7-8(2)6-10(12)9(11)3/h4,6-7,13H,1,5,12H2,2-3H3. The Morgan fingerprint density at radius 1 is 1.44 bits per heavy atom. The summed E-state index contributed by atoms with van der Waals surface area (Å²) in [6.07, 6.45) is 1.49. The van der Waals surface area contributed by atoms with Crippen LogP contribution in [0.15, 0.2) is 29.7 Å². The lowest BCUT2D eigenvalue weighted by Crippen LogP contribution is -2.24. The third-order valence-corrected chi connectivity index (χ3v) is 3.80. The Bertz CT molecular complexity index is 507. The van der Waals surface area contributed by atoms with Crippen LogP contribution in [0.25, 0.3) is 0 Å². The zero-order chi connectivity index (χ0) is 12.3. The maximum Gasteiger partial charge on any atom is 0.241 e. The Labute approximate surface area is 96.2 Å². The van der Waals surface area contributed by atoms with Crippen LogP contribution >= 0.6 is 0 Å². The highest BCUT2D eigenvalue weighted by Gasteiger charge is 2.17. The van der Waals surface area contributed by atoms with Crippen molar-refractivity contribution in [3.8, 4) is 0 Å². The van der Waals surface area contributed by atoms with E-state index in [0.717, 1.165) is 5.56 Å². The fourth-order valence-electron chi connectivity index (χ4n) is 1.38. The molecule has 1 aromatic rings. The van der Waals surface area contributed by atoms with E-state index in [9.17, 15) is 8.42 Å². The van der Waals surface area contributed by atoms with Gasteiger partial charge in [-0.1, -0.05) is 6.08 Å². The first kappa shape index (κ1) is 12.7. The fraction of sp³-hybridized carbons (Fsp3) is 0.273. The van der Waals surface area contributed by atoms with Gasteiger partial charge < -0.3 is 5.73 Å². The van der Waals surface area contributed by atoms with Crippen molar-refractivity contribution in [2.24, 2.45) is 0 Å². The van der Waals surface area contributed by atoms with E-state index in [2.05, 4.69) is 11.3 Å². The van der Waals surface area contributed by atoms with E-state index in [1.807, 2.05) is 6.92 Å². The average molecular weight is 240 g/mol. The molecule has 88 valence electrons. The van der Waals surface area contributed by atoms with E-state index in [1.165, 1.54) is 6.08 Å². The van der Waals surface area contributed by atoms with Gasteiger partial charge in [-0.2, -0.15) is 0 Å². The second kappa shape index (κ2) is 4.67. The SMILES string of the molecule is C=CCNS(=O)(=O)c1cc(C)cc(N)c1C. The first-order chi connectivity index (χ1) is 7.38. The minimum atomic E-state index is -3.50. The van der Waals surface area contributed by atoms with E-state index in [0.29, 0.717) is 11.3 Å². The lowest BCUT2D eigenvalue weighted by atomic mass is 10.1. The fourth-order valence-corrected chi connectivity index (χ4v) is 2.73. The van der Waals surface area contributed by atoms with Crippen LogP contribution in [0.4, 0.5) is 5.69 Å². The van der Waals surface area contributed by atoms with Gasteiger partial charge in [-0.05, 0) is 37.1 Å². The average Bonchev–Trinajstić information content (AvgIpc) is 2.20. The van der Waals surface area contributed by atoms with Gasteiger partial charge >= 0.3 is 0 Å². The predicted molar refractivity (Wildman–Crippen MR) is 65.7 cm³/mol. The number of nitrogens with two attached hydrogens (primary N) is 1. The van der Waals surface area contributed by atoms with Gasteiger partial charge in [0.1, 0.15) is 0 Å². The van der Waals surface area contributed by atoms with E-state index in [1.54, 1.807) is 19.1 Å². The van der Waals surface area contributed by atoms with Gasteiger partial charge in [0.2, 0.25) is 10.0 Å². The van der Waals surface area contributed by atoms with E-state index < -0.39 is 10.0 Å². The number of sulfonamides is 1. The van der Waals surface area contributed by atoms with Gasteiger partial charge in [0.15, 0.2) is 0 Å². The zero-order valence-electron chi connectivity index (χ0n) is 9.45. The van der Waals surface area contributed by atoms with Crippen molar-refractivity contribution >= 4 is 15.7 Å². The molecule has 0 amide bonds. The smallest absolute Gasteiger partial charge is 0.241 e. The second-order valence-corrected chi connectivity index (χ2v) is 5.35. The van der Waals surface area contributed by atoms with Gasteiger partial charge in [0.05, 0.1) is 4.90 Å². The third-order valence-electron chi connectivity index (χ3n) is 2.25. The van der Waals surface area contributed by atoms with Crippen LogP contribution in [0, 0.1) is 13.8 Å². The second-order valence-electron chi connectivity index (χ2n) is 3.62. The summed E-state index contributed by atoms with van der Waals surface area (Å²) in [5.41, 5.74) is 7.61. The maximum atomic E-state index is 11.9. The van der Waals surface area contributed by atoms with Gasteiger partial charge in [-0.15, -0.1) is 6.58 Å². The first-order valence-corrected chi connectivity index (χ1v) is 6.34. The number of anilines is 1. The number of hydrogen-bond donors (Lipinski definition) is 2. The van der Waals surface area contributed by atoms with Crippen molar-refractivity contribution in [2.75, 3.05) is 12.3 Å². The van der Waals surface area contributed by atoms with Crippen molar-refractivity contribution in [1.29, 1.82) is 0 Å². The van der Waals surface area contributed by atoms with Crippen molar-refractivity contribution in [3.63, 3.8) is 0 Å². The van der Waals surface area contributed by atoms with Crippen molar-refractivity contribution in [2.45, 2.75) is 18.7 Å². The van der Waals surface area contributed by atoms with Crippen molar-refractivity contribution in [3.05, 3.63) is 35.9 Å². The van der Waals surface area contributed by atoms with Crippen LogP contribution in [0.1, 0.15) is 11.1 Å². The highest BCUT2D eigenvalue weighted by Crippen LogP contribution is 2.22. The molecule has 4 nitrogen and oxygen atoms in total. The largest absolute Gasteiger partial charge is 0.398 e. The molecule has 0 fully saturated rings. The van der Waals surface area contributed by atoms with Gasteiger partial charge in [0, 0.05) is 12.2 Å². The van der Waals surface area contributed by atoms with Crippen LogP contribution < -0.4 is 10.5 Å². The first-order valence-electron chi connectivity index (χ1n) is 4.86. The molecule has 0 radical (unpaired) electrons. The molecule has 0 unspecified atom stereocenters. The van der Waals surface area contributed by atoms with Crippen LogP contribution in [-0.4, -0.2) is 15.0 Å². The number of benzene rings is 1. The molecule has 3 N–H and O–H groups in total. The summed E-state index contributed by atoms with van der Waals surface area (Å²) in [5.74, 6) is 0. The van der Waals surface area contributed by atoms with Crippen LogP contribution in [-0.2, 0) is 10.0 Å². The lowest BCUT2D eigenvalue weighted by Gasteiger charge is -2.11. The summed E-state index contributed by atoms with van der Waals surface area (Å²) in [6, 6.07) is 3.36. The van der Waals surface area contributed by atoms with Crippen LogP contribution in [0.3, 0.4) is 0 Å². The molecule has 0 heterocycles. The highest BCUT2D eigenvalue weighted by molar-refractivity contribution is 7.89. The monoisotopic (exact) mass is 240 g/mol. The molecule has 0 saturated heterocycles. The van der Waals surface area contributed by atoms with E-state index >= 15 is 0 Å². The molecule has 1 aromatic carbocycles. The Morgan fingerprint density at radius 2 is 2.06 bits per heavy atom. The molecule has 0 saturated carbocycles. The molecule has 0 atom stereocenters. The number of rotatable bonds is 4. The molecular weight excluding hydrogens is 224 g/mol. The summed E-state index contributed by atoms with van der Waals surface area (Å²) >= 11 is 0. The Kier molecular flexibility index (Phi) is 3.72. The lowest BCUT2D eigenvalue weighted by molar-refractivity contribution is 0.585. The third kappa shape index (κ3) is 2.62. The summed E-state index contributed by atoms with van der Waals surface area (Å²) in [6.45, 7) is 7.17. The maximum absolute atomic E-state index is 11.9. The van der Waals surface area contributed by atoms with Crippen LogP contribution in [0.2, 0.25) is 0 Å². The molecule has 0 aliphatic carbocycles. The van der Waals surface area contributed by atoms with E-state index in [-0.39, 0.29) is 11.4 Å². The predicted octanol–water partition coefficient (Wildman–Crippen LogP) is 1.35. The minimum Gasteiger partial charge on any atom is -0.398 e. The minimum absolute atomic E-state index is 0.204. The summed E-state index contributed by atoms with van der Waals surface area (Å²) in [7, 11) is -3.50. The molecule has 0 aliphatic heterocycles. The molecule has 0 aromatic heterocycles. The Morgan fingerprint density at radius 3 is 2.62 bits per heavy atom. The molecule has 0 spiro atoms. The zero-order valence-corrected chi connectivity index (χ0v) is 10.3. The number of hydrogen-bond acceptors (Lipinski definition) is 3. The molecule has 5 heteroatoms. The molecule has 1 rings (SSSR count). The summed E-state index contributed by atoms with van der Waals surface area (Å²) < 4.78 is 26.2. The summed E-state index contributed by atoms with van der Waals surface area (Å²) in [5, 5.41) is 0.